The fourth-order valence-corrected chi connectivity index (χ4v) is 3.20. The molecule has 0 spiro atoms. The van der Waals surface area contributed by atoms with E-state index < -0.39 is 0 Å². The molecule has 7 nitrogen and oxygen atoms in total. The molecule has 1 atom stereocenters. The fraction of sp³-hybridized carbons (Fsp3) is 0.278. The van der Waals surface area contributed by atoms with Crippen molar-refractivity contribution in [1.82, 2.24) is 24.9 Å². The normalized spacial score (nSPS) is 16.8. The van der Waals surface area contributed by atoms with E-state index in [9.17, 15) is 0 Å². The summed E-state index contributed by atoms with van der Waals surface area (Å²) in [5, 5.41) is 3.26. The van der Waals surface area contributed by atoms with E-state index in [-0.39, 0.29) is 6.04 Å². The van der Waals surface area contributed by atoms with Crippen molar-refractivity contribution in [3.63, 3.8) is 0 Å². The third-order valence-electron chi connectivity index (χ3n) is 4.23. The number of hydrogen-bond donors (Lipinski definition) is 1. The van der Waals surface area contributed by atoms with Gasteiger partial charge in [-0.05, 0) is 38.0 Å². The zero-order valence-electron chi connectivity index (χ0n) is 14.0. The quantitative estimate of drug-likeness (QED) is 0.786. The van der Waals surface area contributed by atoms with Gasteiger partial charge in [0.15, 0.2) is 0 Å². The van der Waals surface area contributed by atoms with Crippen LogP contribution >= 0.6 is 0 Å². The van der Waals surface area contributed by atoms with Crippen LogP contribution in [-0.4, -0.2) is 31.5 Å². The Morgan fingerprint density at radius 2 is 2.04 bits per heavy atom. The highest BCUT2D eigenvalue weighted by atomic mass is 15.2. The molecule has 126 valence electrons. The number of anilines is 3. The van der Waals surface area contributed by atoms with Crippen molar-refractivity contribution in [3.8, 4) is 0 Å². The summed E-state index contributed by atoms with van der Waals surface area (Å²) in [6.45, 7) is 2.88. The number of nitrogens with one attached hydrogen (secondary N) is 1. The fourth-order valence-electron chi connectivity index (χ4n) is 3.20. The molecular formula is C18H19N7. The second kappa shape index (κ2) is 6.80. The monoisotopic (exact) mass is 333 g/mol. The minimum absolute atomic E-state index is 0.195. The SMILES string of the molecule is Cc1nc(Nc2ccccn2)cc(C2CCCN2c2ccncn2)n1. The minimum Gasteiger partial charge on any atom is -0.348 e. The van der Waals surface area contributed by atoms with Crippen molar-refractivity contribution in [3.05, 3.63) is 60.6 Å². The number of pyridine rings is 1. The molecule has 0 saturated carbocycles. The van der Waals surface area contributed by atoms with Gasteiger partial charge in [0.05, 0.1) is 11.7 Å². The van der Waals surface area contributed by atoms with Gasteiger partial charge in [0.2, 0.25) is 0 Å². The first kappa shape index (κ1) is 15.4. The summed E-state index contributed by atoms with van der Waals surface area (Å²) in [4.78, 5) is 24.2. The zero-order chi connectivity index (χ0) is 17.1. The van der Waals surface area contributed by atoms with E-state index in [0.29, 0.717) is 0 Å². The maximum Gasteiger partial charge on any atom is 0.135 e. The van der Waals surface area contributed by atoms with Gasteiger partial charge in [-0.3, -0.25) is 0 Å². The Morgan fingerprint density at radius 3 is 2.84 bits per heavy atom. The number of aromatic nitrogens is 5. The number of rotatable bonds is 4. The molecule has 0 amide bonds. The van der Waals surface area contributed by atoms with Crippen LogP contribution in [0.3, 0.4) is 0 Å². The van der Waals surface area contributed by atoms with Gasteiger partial charge in [-0.15, -0.1) is 0 Å². The van der Waals surface area contributed by atoms with Gasteiger partial charge in [-0.25, -0.2) is 24.9 Å². The van der Waals surface area contributed by atoms with Crippen molar-refractivity contribution in [2.24, 2.45) is 0 Å². The lowest BCUT2D eigenvalue weighted by Gasteiger charge is -2.25. The van der Waals surface area contributed by atoms with Crippen LogP contribution in [0.1, 0.15) is 30.4 Å². The van der Waals surface area contributed by atoms with Crippen LogP contribution in [0.2, 0.25) is 0 Å². The molecule has 3 aromatic rings. The summed E-state index contributed by atoms with van der Waals surface area (Å²) in [7, 11) is 0. The van der Waals surface area contributed by atoms with Gasteiger partial charge >= 0.3 is 0 Å². The molecule has 3 aromatic heterocycles. The number of hydrogen-bond acceptors (Lipinski definition) is 7. The third-order valence-corrected chi connectivity index (χ3v) is 4.23. The van der Waals surface area contributed by atoms with Crippen molar-refractivity contribution in [2.75, 3.05) is 16.8 Å². The van der Waals surface area contributed by atoms with Gasteiger partial charge < -0.3 is 10.2 Å². The molecule has 4 rings (SSSR count). The van der Waals surface area contributed by atoms with Gasteiger partial charge in [-0.1, -0.05) is 6.07 Å². The van der Waals surface area contributed by atoms with E-state index in [1.54, 1.807) is 18.7 Å². The van der Waals surface area contributed by atoms with E-state index in [0.717, 1.165) is 48.4 Å². The summed E-state index contributed by atoms with van der Waals surface area (Å²) in [6, 6.07) is 9.89. The lowest BCUT2D eigenvalue weighted by Crippen LogP contribution is -2.24. The highest BCUT2D eigenvalue weighted by Gasteiger charge is 2.28. The summed E-state index contributed by atoms with van der Waals surface area (Å²) in [5.41, 5.74) is 1.00. The lowest BCUT2D eigenvalue weighted by molar-refractivity contribution is 0.680. The first-order chi connectivity index (χ1) is 12.3. The van der Waals surface area contributed by atoms with Crippen molar-refractivity contribution in [1.29, 1.82) is 0 Å². The molecule has 1 fully saturated rings. The Bertz CT molecular complexity index is 839. The predicted octanol–water partition coefficient (Wildman–Crippen LogP) is 3.06. The van der Waals surface area contributed by atoms with Crippen LogP contribution in [0.25, 0.3) is 0 Å². The van der Waals surface area contributed by atoms with Crippen molar-refractivity contribution < 1.29 is 0 Å². The molecule has 1 aliphatic heterocycles. The molecule has 7 heteroatoms. The van der Waals surface area contributed by atoms with Crippen LogP contribution in [0.4, 0.5) is 17.5 Å². The summed E-state index contributed by atoms with van der Waals surface area (Å²) in [6.07, 6.45) is 7.27. The van der Waals surface area contributed by atoms with Crippen LogP contribution in [-0.2, 0) is 0 Å². The molecule has 1 aliphatic rings. The first-order valence-corrected chi connectivity index (χ1v) is 8.36. The minimum atomic E-state index is 0.195. The second-order valence-electron chi connectivity index (χ2n) is 5.98. The predicted molar refractivity (Wildman–Crippen MR) is 95.6 cm³/mol. The van der Waals surface area contributed by atoms with E-state index in [4.69, 9.17) is 0 Å². The van der Waals surface area contributed by atoms with Crippen LogP contribution in [0.5, 0.6) is 0 Å². The van der Waals surface area contributed by atoms with Gasteiger partial charge in [0.25, 0.3) is 0 Å². The molecule has 0 bridgehead atoms. The maximum atomic E-state index is 4.68. The van der Waals surface area contributed by atoms with Gasteiger partial charge in [0, 0.05) is 25.0 Å². The Hall–Kier alpha value is -3.09. The van der Waals surface area contributed by atoms with Crippen molar-refractivity contribution >= 4 is 17.5 Å². The summed E-state index contributed by atoms with van der Waals surface area (Å²) in [5.74, 6) is 3.21. The second-order valence-corrected chi connectivity index (χ2v) is 5.98. The van der Waals surface area contributed by atoms with Crippen LogP contribution in [0.15, 0.2) is 49.1 Å². The highest BCUT2D eigenvalue weighted by molar-refractivity contribution is 5.52. The third kappa shape index (κ3) is 3.40. The molecule has 0 radical (unpaired) electrons. The maximum absolute atomic E-state index is 4.68. The number of aryl methyl sites for hydroxylation is 1. The van der Waals surface area contributed by atoms with E-state index in [1.807, 2.05) is 37.3 Å². The lowest BCUT2D eigenvalue weighted by atomic mass is 10.1. The topological polar surface area (TPSA) is 79.7 Å². The average Bonchev–Trinajstić information content (AvgIpc) is 3.13. The van der Waals surface area contributed by atoms with Crippen LogP contribution in [0, 0.1) is 6.92 Å². The molecular weight excluding hydrogens is 314 g/mol. The average molecular weight is 333 g/mol. The largest absolute Gasteiger partial charge is 0.348 e. The summed E-state index contributed by atoms with van der Waals surface area (Å²) < 4.78 is 0. The van der Waals surface area contributed by atoms with E-state index >= 15 is 0 Å². The summed E-state index contributed by atoms with van der Waals surface area (Å²) >= 11 is 0. The Balaban J connectivity index is 1.63. The molecule has 25 heavy (non-hydrogen) atoms. The Labute approximate surface area is 146 Å². The molecule has 1 N–H and O–H groups in total. The standard InChI is InChI=1S/C18H19N7/c1-13-22-14(11-17(23-13)24-16-6-2-3-8-20-16)15-5-4-10-25(15)18-7-9-19-12-21-18/h2-3,6-9,11-12,15H,4-5,10H2,1H3,(H,20,22,23,24). The first-order valence-electron chi connectivity index (χ1n) is 8.36. The molecule has 4 heterocycles. The smallest absolute Gasteiger partial charge is 0.135 e. The van der Waals surface area contributed by atoms with Crippen molar-refractivity contribution in [2.45, 2.75) is 25.8 Å². The zero-order valence-corrected chi connectivity index (χ0v) is 14.0. The Kier molecular flexibility index (Phi) is 4.20. The molecule has 1 unspecified atom stereocenters. The van der Waals surface area contributed by atoms with Crippen LogP contribution < -0.4 is 10.2 Å². The molecule has 0 aliphatic carbocycles. The van der Waals surface area contributed by atoms with E-state index in [1.165, 1.54) is 0 Å². The molecule has 1 saturated heterocycles. The molecule has 0 aromatic carbocycles. The highest BCUT2D eigenvalue weighted by Crippen LogP contribution is 2.34. The Morgan fingerprint density at radius 1 is 1.08 bits per heavy atom. The van der Waals surface area contributed by atoms with Gasteiger partial charge in [-0.2, -0.15) is 0 Å². The van der Waals surface area contributed by atoms with Gasteiger partial charge in [0.1, 0.15) is 29.6 Å². The number of nitrogens with zero attached hydrogens (tertiary/aromatic N) is 6. The van der Waals surface area contributed by atoms with E-state index in [2.05, 4.69) is 35.1 Å².